The first-order valence-corrected chi connectivity index (χ1v) is 12.0. The number of nitrogens with one attached hydrogen (secondary N) is 1. The number of halogens is 1. The molecule has 4 aromatic rings. The summed E-state index contributed by atoms with van der Waals surface area (Å²) in [7, 11) is 0. The number of fused-ring (bicyclic) bond motifs is 1. The number of hydrogen-bond donors (Lipinski definition) is 1. The number of aryl methyl sites for hydroxylation is 1. The average molecular weight is 469 g/mol. The predicted molar refractivity (Wildman–Crippen MR) is 126 cm³/mol. The van der Waals surface area contributed by atoms with Gasteiger partial charge in [-0.25, -0.2) is 9.37 Å². The highest BCUT2D eigenvalue weighted by Gasteiger charge is 2.12. The van der Waals surface area contributed by atoms with Crippen molar-refractivity contribution in [2.24, 2.45) is 0 Å². The second kappa shape index (κ2) is 10.1. The molecule has 2 heterocycles. The highest BCUT2D eigenvalue weighted by molar-refractivity contribution is 7.98. The molecule has 2 aromatic heterocycles. The molecule has 0 bridgehead atoms. The summed E-state index contributed by atoms with van der Waals surface area (Å²) < 4.78 is 14.8. The molecule has 0 fully saturated rings. The van der Waals surface area contributed by atoms with Crippen molar-refractivity contribution in [1.29, 1.82) is 0 Å². The van der Waals surface area contributed by atoms with E-state index in [0.29, 0.717) is 22.1 Å². The predicted octanol–water partition coefficient (Wildman–Crippen LogP) is 5.18. The fraction of sp³-hybridized carbons (Fsp3) is 0.217. The highest BCUT2D eigenvalue weighted by atomic mass is 32.2. The minimum Gasteiger partial charge on any atom is -0.321 e. The Morgan fingerprint density at radius 1 is 1.19 bits per heavy atom. The van der Waals surface area contributed by atoms with E-state index >= 15 is 0 Å². The Kier molecular flexibility index (Phi) is 6.96. The molecule has 32 heavy (non-hydrogen) atoms. The zero-order chi connectivity index (χ0) is 22.5. The Hall–Kier alpha value is -3.04. The largest absolute Gasteiger partial charge is 0.321 e. The third-order valence-electron chi connectivity index (χ3n) is 4.68. The zero-order valence-electron chi connectivity index (χ0n) is 17.4. The maximum Gasteiger partial charge on any atom is 0.275 e. The molecule has 0 saturated heterocycles. The molecule has 0 spiro atoms. The fourth-order valence-corrected chi connectivity index (χ4v) is 4.93. The summed E-state index contributed by atoms with van der Waals surface area (Å²) in [6.07, 6.45) is 2.93. The summed E-state index contributed by atoms with van der Waals surface area (Å²) in [6, 6.07) is 14.4. The second-order valence-corrected chi connectivity index (χ2v) is 9.19. The van der Waals surface area contributed by atoms with E-state index in [1.165, 1.54) is 51.9 Å². The van der Waals surface area contributed by atoms with E-state index in [1.54, 1.807) is 12.1 Å². The van der Waals surface area contributed by atoms with Gasteiger partial charge in [0.25, 0.3) is 11.5 Å². The maximum atomic E-state index is 13.4. The van der Waals surface area contributed by atoms with Gasteiger partial charge in [0.15, 0.2) is 0 Å². The van der Waals surface area contributed by atoms with Crippen molar-refractivity contribution in [2.75, 3.05) is 5.32 Å². The number of thioether (sulfide) groups is 1. The van der Waals surface area contributed by atoms with Crippen LogP contribution in [0.2, 0.25) is 0 Å². The van der Waals surface area contributed by atoms with Crippen LogP contribution in [0.5, 0.6) is 0 Å². The molecule has 4 rings (SSSR count). The van der Waals surface area contributed by atoms with E-state index in [1.807, 2.05) is 18.2 Å². The molecule has 6 nitrogen and oxygen atoms in total. The standard InChI is InChI=1S/C23H21FN4O2S2/c1-2-3-11-20-27-28-21(29)13-17(25-23(28)32-20)14-31-19-10-5-4-9-18(19)26-22(30)15-7-6-8-16(24)12-15/h4-10,12-13H,2-3,11,14H2,1H3,(H,26,30). The highest BCUT2D eigenvalue weighted by Crippen LogP contribution is 2.30. The molecule has 164 valence electrons. The van der Waals surface area contributed by atoms with Crippen LogP contribution in [-0.2, 0) is 12.2 Å². The molecule has 9 heteroatoms. The van der Waals surface area contributed by atoms with Gasteiger partial charge >= 0.3 is 0 Å². The minimum absolute atomic E-state index is 0.197. The van der Waals surface area contributed by atoms with Crippen LogP contribution in [0.25, 0.3) is 4.96 Å². The average Bonchev–Trinajstić information content (AvgIpc) is 3.20. The molecule has 0 unspecified atom stereocenters. The lowest BCUT2D eigenvalue weighted by Crippen LogP contribution is -2.15. The summed E-state index contributed by atoms with van der Waals surface area (Å²) in [6.45, 7) is 2.12. The van der Waals surface area contributed by atoms with Crippen LogP contribution in [0.4, 0.5) is 10.1 Å². The number of nitrogens with zero attached hydrogens (tertiary/aromatic N) is 3. The van der Waals surface area contributed by atoms with Crippen LogP contribution in [0.1, 0.15) is 40.8 Å². The molecule has 0 aliphatic heterocycles. The Labute approximate surface area is 192 Å². The first-order valence-electron chi connectivity index (χ1n) is 10.2. The van der Waals surface area contributed by atoms with Gasteiger partial charge in [0, 0.05) is 28.7 Å². The number of hydrogen-bond acceptors (Lipinski definition) is 6. The lowest BCUT2D eigenvalue weighted by atomic mass is 10.2. The normalized spacial score (nSPS) is 11.1. The van der Waals surface area contributed by atoms with Crippen LogP contribution in [0, 0.1) is 5.82 Å². The molecule has 0 saturated carbocycles. The van der Waals surface area contributed by atoms with Gasteiger partial charge in [0.1, 0.15) is 10.8 Å². The van der Waals surface area contributed by atoms with E-state index in [9.17, 15) is 14.0 Å². The zero-order valence-corrected chi connectivity index (χ0v) is 19.0. The number of aromatic nitrogens is 3. The lowest BCUT2D eigenvalue weighted by Gasteiger charge is -2.11. The monoisotopic (exact) mass is 468 g/mol. The summed E-state index contributed by atoms with van der Waals surface area (Å²) in [5.41, 5.74) is 1.31. The van der Waals surface area contributed by atoms with Crippen molar-refractivity contribution in [3.8, 4) is 0 Å². The maximum absolute atomic E-state index is 13.4. The SMILES string of the molecule is CCCCc1nn2c(=O)cc(CSc3ccccc3NC(=O)c3cccc(F)c3)nc2s1. The van der Waals surface area contributed by atoms with Crippen molar-refractivity contribution >= 4 is 39.7 Å². The molecule has 0 aliphatic carbocycles. The fourth-order valence-electron chi connectivity index (χ4n) is 3.07. The molecule has 0 radical (unpaired) electrons. The number of anilines is 1. The van der Waals surface area contributed by atoms with Crippen molar-refractivity contribution in [3.05, 3.63) is 87.0 Å². The first-order chi connectivity index (χ1) is 15.5. The lowest BCUT2D eigenvalue weighted by molar-refractivity contribution is 0.102. The summed E-state index contributed by atoms with van der Waals surface area (Å²) >= 11 is 2.90. The number of carbonyl (C=O) groups excluding carboxylic acids is 1. The van der Waals surface area contributed by atoms with Crippen LogP contribution >= 0.6 is 23.1 Å². The van der Waals surface area contributed by atoms with Crippen LogP contribution in [0.3, 0.4) is 0 Å². The Morgan fingerprint density at radius 2 is 2.03 bits per heavy atom. The number of carbonyl (C=O) groups is 1. The van der Waals surface area contributed by atoms with Crippen LogP contribution in [0.15, 0.2) is 64.3 Å². The molecule has 0 atom stereocenters. The van der Waals surface area contributed by atoms with Crippen LogP contribution in [-0.4, -0.2) is 20.5 Å². The van der Waals surface area contributed by atoms with Crippen molar-refractivity contribution in [1.82, 2.24) is 14.6 Å². The van der Waals surface area contributed by atoms with Gasteiger partial charge in [0.05, 0.1) is 11.4 Å². The summed E-state index contributed by atoms with van der Waals surface area (Å²) in [5.74, 6) is -0.394. The number of unbranched alkanes of at least 4 members (excludes halogenated alkanes) is 1. The number of rotatable bonds is 8. The van der Waals surface area contributed by atoms with Gasteiger partial charge in [0.2, 0.25) is 4.96 Å². The minimum atomic E-state index is -0.464. The number of amides is 1. The van der Waals surface area contributed by atoms with Gasteiger partial charge in [-0.3, -0.25) is 9.59 Å². The van der Waals surface area contributed by atoms with Gasteiger partial charge < -0.3 is 5.32 Å². The van der Waals surface area contributed by atoms with E-state index in [0.717, 1.165) is 29.2 Å². The third-order valence-corrected chi connectivity index (χ3v) is 6.76. The molecule has 0 aliphatic rings. The molecular formula is C23H21FN4O2S2. The van der Waals surface area contributed by atoms with E-state index < -0.39 is 5.82 Å². The molecular weight excluding hydrogens is 447 g/mol. The van der Waals surface area contributed by atoms with Crippen LogP contribution < -0.4 is 10.9 Å². The Balaban J connectivity index is 1.50. The smallest absolute Gasteiger partial charge is 0.275 e. The first kappa shape index (κ1) is 22.2. The van der Waals surface area contributed by atoms with Gasteiger partial charge in [-0.1, -0.05) is 42.9 Å². The molecule has 1 amide bonds. The number of para-hydroxylation sites is 1. The second-order valence-electron chi connectivity index (χ2n) is 7.13. The summed E-state index contributed by atoms with van der Waals surface area (Å²) in [4.78, 5) is 31.0. The van der Waals surface area contributed by atoms with Crippen molar-refractivity contribution in [3.63, 3.8) is 0 Å². The molecule has 2 aromatic carbocycles. The third kappa shape index (κ3) is 5.23. The Bertz CT molecular complexity index is 1320. The van der Waals surface area contributed by atoms with E-state index in [2.05, 4.69) is 22.3 Å². The number of benzene rings is 2. The quantitative estimate of drug-likeness (QED) is 0.361. The van der Waals surface area contributed by atoms with Gasteiger partial charge in [-0.15, -0.1) is 11.8 Å². The Morgan fingerprint density at radius 3 is 2.84 bits per heavy atom. The topological polar surface area (TPSA) is 76.4 Å². The van der Waals surface area contributed by atoms with Crippen molar-refractivity contribution < 1.29 is 9.18 Å². The van der Waals surface area contributed by atoms with Gasteiger partial charge in [-0.2, -0.15) is 9.61 Å². The van der Waals surface area contributed by atoms with E-state index in [4.69, 9.17) is 0 Å². The van der Waals surface area contributed by atoms with E-state index in [-0.39, 0.29) is 17.0 Å². The van der Waals surface area contributed by atoms with Crippen molar-refractivity contribution in [2.45, 2.75) is 36.8 Å². The molecule has 1 N–H and O–H groups in total. The van der Waals surface area contributed by atoms with Gasteiger partial charge in [-0.05, 0) is 36.8 Å². The summed E-state index contributed by atoms with van der Waals surface area (Å²) in [5, 5.41) is 8.11.